The molecule has 7 heteroatoms. The van der Waals surface area contributed by atoms with Gasteiger partial charge < -0.3 is 4.74 Å². The number of benzene rings is 1. The van der Waals surface area contributed by atoms with Crippen LogP contribution in [0.1, 0.15) is 16.2 Å². The third-order valence-electron chi connectivity index (χ3n) is 2.19. The smallest absolute Gasteiger partial charge is 0.377 e. The second kappa shape index (κ2) is 4.63. The summed E-state index contributed by atoms with van der Waals surface area (Å²) in [5, 5.41) is 12.7. The van der Waals surface area contributed by atoms with Gasteiger partial charge in [0.2, 0.25) is 0 Å². The van der Waals surface area contributed by atoms with Crippen molar-refractivity contribution in [1.82, 2.24) is 14.8 Å². The minimum absolute atomic E-state index is 0.0938. The van der Waals surface area contributed by atoms with Crippen LogP contribution in [0.5, 0.6) is 0 Å². The highest BCUT2D eigenvalue weighted by atomic mass is 19.1. The maximum atomic E-state index is 13.0. The summed E-state index contributed by atoms with van der Waals surface area (Å²) in [6.07, 6.45) is 1.25. The van der Waals surface area contributed by atoms with Crippen molar-refractivity contribution in [3.8, 4) is 11.8 Å². The molecule has 2 aromatic rings. The molecule has 0 aliphatic rings. The number of rotatable bonds is 2. The van der Waals surface area contributed by atoms with Gasteiger partial charge in [0.1, 0.15) is 18.2 Å². The Morgan fingerprint density at radius 1 is 1.56 bits per heavy atom. The van der Waals surface area contributed by atoms with E-state index in [4.69, 9.17) is 5.26 Å². The van der Waals surface area contributed by atoms with Crippen molar-refractivity contribution in [3.63, 3.8) is 0 Å². The zero-order valence-corrected chi connectivity index (χ0v) is 9.29. The van der Waals surface area contributed by atoms with Crippen molar-refractivity contribution in [2.75, 3.05) is 7.11 Å². The molecule has 6 nitrogen and oxygen atoms in total. The molecule has 1 heterocycles. The van der Waals surface area contributed by atoms with Crippen LogP contribution in [0.4, 0.5) is 4.39 Å². The lowest BCUT2D eigenvalue weighted by Gasteiger charge is -2.02. The summed E-state index contributed by atoms with van der Waals surface area (Å²) in [6, 6.07) is 5.49. The molecule has 0 aliphatic heterocycles. The predicted molar refractivity (Wildman–Crippen MR) is 57.4 cm³/mol. The summed E-state index contributed by atoms with van der Waals surface area (Å²) < 4.78 is 18.6. The van der Waals surface area contributed by atoms with Gasteiger partial charge >= 0.3 is 5.97 Å². The fraction of sp³-hybridized carbons (Fsp3) is 0.0909. The first-order valence-corrected chi connectivity index (χ1v) is 4.85. The van der Waals surface area contributed by atoms with E-state index < -0.39 is 11.8 Å². The molecule has 0 fully saturated rings. The molecular weight excluding hydrogens is 239 g/mol. The number of methoxy groups -OCH3 is 1. The Kier molecular flexibility index (Phi) is 3.02. The normalized spacial score (nSPS) is 9.83. The number of ether oxygens (including phenoxy) is 1. The van der Waals surface area contributed by atoms with Crippen LogP contribution in [-0.4, -0.2) is 27.8 Å². The molecule has 0 radical (unpaired) electrons. The monoisotopic (exact) mass is 246 g/mol. The van der Waals surface area contributed by atoms with Gasteiger partial charge in [0.15, 0.2) is 0 Å². The molecule has 90 valence electrons. The lowest BCUT2D eigenvalue weighted by atomic mass is 10.2. The number of esters is 1. The molecule has 0 amide bonds. The van der Waals surface area contributed by atoms with E-state index in [1.54, 1.807) is 0 Å². The summed E-state index contributed by atoms with van der Waals surface area (Å²) in [5.74, 6) is -1.34. The molecule has 0 spiro atoms. The minimum atomic E-state index is -0.686. The SMILES string of the molecule is COC(=O)c1ncn(-c2ccc(F)cc2C#N)n1. The molecule has 1 aromatic carbocycles. The zero-order valence-electron chi connectivity index (χ0n) is 9.29. The summed E-state index contributed by atoms with van der Waals surface area (Å²) >= 11 is 0. The first kappa shape index (κ1) is 11.7. The summed E-state index contributed by atoms with van der Waals surface area (Å²) in [5.41, 5.74) is 0.429. The van der Waals surface area contributed by atoms with Gasteiger partial charge in [-0.2, -0.15) is 5.26 Å². The highest BCUT2D eigenvalue weighted by Gasteiger charge is 2.14. The standard InChI is InChI=1S/C11H7FN4O2/c1-18-11(17)10-14-6-16(15-10)9-3-2-8(12)4-7(9)5-13/h2-4,6H,1H3. The van der Waals surface area contributed by atoms with Gasteiger partial charge in [0.25, 0.3) is 5.82 Å². The van der Waals surface area contributed by atoms with Crippen molar-refractivity contribution in [3.05, 3.63) is 41.7 Å². The maximum absolute atomic E-state index is 13.0. The second-order valence-electron chi connectivity index (χ2n) is 3.28. The van der Waals surface area contributed by atoms with Crippen LogP contribution < -0.4 is 0 Å². The maximum Gasteiger partial charge on any atom is 0.377 e. The number of hydrogen-bond donors (Lipinski definition) is 0. The van der Waals surface area contributed by atoms with Gasteiger partial charge in [-0.3, -0.25) is 0 Å². The second-order valence-corrected chi connectivity index (χ2v) is 3.28. The average molecular weight is 246 g/mol. The molecule has 0 N–H and O–H groups in total. The zero-order chi connectivity index (χ0) is 13.1. The number of nitriles is 1. The van der Waals surface area contributed by atoms with Crippen LogP contribution in [0.15, 0.2) is 24.5 Å². The molecular formula is C11H7FN4O2. The highest BCUT2D eigenvalue weighted by Crippen LogP contribution is 2.14. The fourth-order valence-corrected chi connectivity index (χ4v) is 1.36. The molecule has 0 unspecified atom stereocenters. The van der Waals surface area contributed by atoms with Crippen LogP contribution in [0.2, 0.25) is 0 Å². The predicted octanol–water partition coefficient (Wildman–Crippen LogP) is 1.06. The summed E-state index contributed by atoms with van der Waals surface area (Å²) in [7, 11) is 1.21. The van der Waals surface area contributed by atoms with E-state index in [1.165, 1.54) is 30.3 Å². The number of aromatic nitrogens is 3. The van der Waals surface area contributed by atoms with Crippen molar-refractivity contribution < 1.29 is 13.9 Å². The van der Waals surface area contributed by atoms with Crippen LogP contribution in [0.25, 0.3) is 5.69 Å². The third-order valence-corrected chi connectivity index (χ3v) is 2.19. The van der Waals surface area contributed by atoms with E-state index in [9.17, 15) is 9.18 Å². The van der Waals surface area contributed by atoms with Crippen LogP contribution in [0, 0.1) is 17.1 Å². The summed E-state index contributed by atoms with van der Waals surface area (Å²) in [4.78, 5) is 14.9. The Labute approximate surface area is 101 Å². The van der Waals surface area contributed by atoms with E-state index in [0.29, 0.717) is 5.69 Å². The number of carbonyl (C=O) groups excluding carboxylic acids is 1. The van der Waals surface area contributed by atoms with Gasteiger partial charge in [-0.15, -0.1) is 5.10 Å². The van der Waals surface area contributed by atoms with E-state index in [-0.39, 0.29) is 11.4 Å². The lowest BCUT2D eigenvalue weighted by Crippen LogP contribution is -2.05. The number of nitrogens with zero attached hydrogens (tertiary/aromatic N) is 4. The Hall–Kier alpha value is -2.75. The van der Waals surface area contributed by atoms with Gasteiger partial charge in [-0.05, 0) is 18.2 Å². The summed E-state index contributed by atoms with van der Waals surface area (Å²) in [6.45, 7) is 0. The Morgan fingerprint density at radius 3 is 3.00 bits per heavy atom. The van der Waals surface area contributed by atoms with Crippen molar-refractivity contribution in [1.29, 1.82) is 5.26 Å². The Bertz CT molecular complexity index is 645. The molecule has 18 heavy (non-hydrogen) atoms. The first-order chi connectivity index (χ1) is 8.65. The van der Waals surface area contributed by atoms with E-state index in [2.05, 4.69) is 14.8 Å². The Balaban J connectivity index is 2.47. The molecule has 1 aromatic heterocycles. The fourth-order valence-electron chi connectivity index (χ4n) is 1.36. The number of carbonyl (C=O) groups is 1. The quantitative estimate of drug-likeness (QED) is 0.740. The molecule has 2 rings (SSSR count). The van der Waals surface area contributed by atoms with Gasteiger partial charge in [-0.25, -0.2) is 18.9 Å². The third kappa shape index (κ3) is 2.04. The van der Waals surface area contributed by atoms with Crippen molar-refractivity contribution in [2.45, 2.75) is 0 Å². The molecule has 0 saturated carbocycles. The topological polar surface area (TPSA) is 80.8 Å². The van der Waals surface area contributed by atoms with Gasteiger partial charge in [0, 0.05) is 0 Å². The van der Waals surface area contributed by atoms with E-state index >= 15 is 0 Å². The van der Waals surface area contributed by atoms with Crippen molar-refractivity contribution >= 4 is 5.97 Å². The van der Waals surface area contributed by atoms with E-state index in [0.717, 1.165) is 6.07 Å². The molecule has 0 bridgehead atoms. The molecule has 0 saturated heterocycles. The van der Waals surface area contributed by atoms with E-state index in [1.807, 2.05) is 6.07 Å². The lowest BCUT2D eigenvalue weighted by molar-refractivity contribution is 0.0587. The van der Waals surface area contributed by atoms with Gasteiger partial charge in [-0.1, -0.05) is 0 Å². The van der Waals surface area contributed by atoms with Crippen LogP contribution >= 0.6 is 0 Å². The Morgan fingerprint density at radius 2 is 2.33 bits per heavy atom. The van der Waals surface area contributed by atoms with Crippen LogP contribution in [-0.2, 0) is 4.74 Å². The molecule has 0 atom stereocenters. The van der Waals surface area contributed by atoms with Gasteiger partial charge in [0.05, 0.1) is 18.4 Å². The first-order valence-electron chi connectivity index (χ1n) is 4.85. The number of halogens is 1. The number of hydrogen-bond acceptors (Lipinski definition) is 5. The van der Waals surface area contributed by atoms with Crippen molar-refractivity contribution in [2.24, 2.45) is 0 Å². The van der Waals surface area contributed by atoms with Crippen LogP contribution in [0.3, 0.4) is 0 Å². The molecule has 0 aliphatic carbocycles. The largest absolute Gasteiger partial charge is 0.463 e. The minimum Gasteiger partial charge on any atom is -0.463 e. The highest BCUT2D eigenvalue weighted by molar-refractivity contribution is 5.84. The average Bonchev–Trinajstić information content (AvgIpc) is 2.87.